The summed E-state index contributed by atoms with van der Waals surface area (Å²) < 4.78 is 20.2. The summed E-state index contributed by atoms with van der Waals surface area (Å²) in [5.41, 5.74) is 0. The fraction of sp³-hybridized carbons (Fsp3) is 0.556. The third-order valence-corrected chi connectivity index (χ3v) is 3.50. The Balaban J connectivity index is 3.04. The van der Waals surface area contributed by atoms with Crippen LogP contribution in [0.15, 0.2) is 24.3 Å². The highest BCUT2D eigenvalue weighted by atomic mass is 16.6. The molecule has 0 saturated heterocycles. The van der Waals surface area contributed by atoms with E-state index in [0.717, 1.165) is 13.8 Å². The molecule has 0 saturated carbocycles. The quantitative estimate of drug-likeness (QED) is 0.363. The summed E-state index contributed by atoms with van der Waals surface area (Å²) in [7, 11) is 0. The van der Waals surface area contributed by atoms with E-state index in [0.29, 0.717) is 6.42 Å². The Morgan fingerprint density at radius 2 is 1.74 bits per heavy atom. The van der Waals surface area contributed by atoms with Crippen molar-refractivity contribution in [1.82, 2.24) is 0 Å². The largest absolute Gasteiger partial charge is 0.460 e. The fourth-order valence-corrected chi connectivity index (χ4v) is 2.42. The molecular formula is C18H24O9. The molecule has 0 aliphatic carbocycles. The van der Waals surface area contributed by atoms with Crippen LogP contribution in [0, 0.1) is 0 Å². The highest BCUT2D eigenvalue weighted by molar-refractivity contribution is 5.82. The summed E-state index contributed by atoms with van der Waals surface area (Å²) >= 11 is 0. The molecule has 0 radical (unpaired) electrons. The predicted molar refractivity (Wildman–Crippen MR) is 91.1 cm³/mol. The second-order valence-corrected chi connectivity index (χ2v) is 5.95. The third-order valence-electron chi connectivity index (χ3n) is 3.50. The molecule has 1 aliphatic rings. The summed E-state index contributed by atoms with van der Waals surface area (Å²) in [6.45, 7) is 4.85. The molecule has 150 valence electrons. The Kier molecular flexibility index (Phi) is 8.67. The first kappa shape index (κ1) is 22.4. The highest BCUT2D eigenvalue weighted by Crippen LogP contribution is 2.18. The molecule has 9 nitrogen and oxygen atoms in total. The number of aliphatic hydroxyl groups is 1. The van der Waals surface area contributed by atoms with E-state index in [2.05, 4.69) is 0 Å². The Hall–Kier alpha value is -2.68. The molecule has 1 N–H and O–H groups in total. The van der Waals surface area contributed by atoms with Crippen molar-refractivity contribution in [2.24, 2.45) is 0 Å². The Bertz CT molecular complexity index is 622. The number of ether oxygens (including phenoxy) is 4. The molecule has 9 heteroatoms. The molecule has 0 spiro atoms. The van der Waals surface area contributed by atoms with E-state index in [1.807, 2.05) is 0 Å². The van der Waals surface area contributed by atoms with Gasteiger partial charge in [-0.1, -0.05) is 6.08 Å². The zero-order valence-corrected chi connectivity index (χ0v) is 15.6. The molecule has 1 rings (SSSR count). The van der Waals surface area contributed by atoms with Crippen molar-refractivity contribution >= 4 is 23.9 Å². The van der Waals surface area contributed by atoms with Crippen LogP contribution < -0.4 is 0 Å². The van der Waals surface area contributed by atoms with Crippen LogP contribution >= 0.6 is 0 Å². The first-order valence-corrected chi connectivity index (χ1v) is 8.35. The standard InChI is InChI=1S/C18H24O9/c1-10(24-11(2)19)17(23)18(26-13(4)21)15(25-12(3)20)9-8-14-6-5-7-16(22)27-14/h5,7-10,14-15,17-18,23H,6H2,1-4H3/b9-8-/t10-,14+,15+,17-,18+/m0/s1. The number of carbonyl (C=O) groups is 4. The van der Waals surface area contributed by atoms with E-state index >= 15 is 0 Å². The summed E-state index contributed by atoms with van der Waals surface area (Å²) in [5, 5.41) is 10.5. The van der Waals surface area contributed by atoms with E-state index in [9.17, 15) is 24.3 Å². The van der Waals surface area contributed by atoms with E-state index in [1.165, 1.54) is 32.1 Å². The van der Waals surface area contributed by atoms with Crippen molar-refractivity contribution in [3.05, 3.63) is 24.3 Å². The van der Waals surface area contributed by atoms with Gasteiger partial charge in [0, 0.05) is 33.3 Å². The molecular weight excluding hydrogens is 360 g/mol. The molecule has 0 aromatic rings. The first-order chi connectivity index (χ1) is 12.6. The Labute approximate surface area is 156 Å². The zero-order chi connectivity index (χ0) is 20.6. The van der Waals surface area contributed by atoms with Crippen LogP contribution in [0.3, 0.4) is 0 Å². The average Bonchev–Trinajstić information content (AvgIpc) is 2.55. The summed E-state index contributed by atoms with van der Waals surface area (Å²) in [6, 6.07) is 0. The SMILES string of the molecule is CC(=O)O[C@@H]([C@@H](O)[C@H](C)OC(C)=O)[C@@H](/C=C\[C@H]1CC=CC(=O)O1)OC(C)=O. The normalized spacial score (nSPS) is 20.9. The van der Waals surface area contributed by atoms with Crippen LogP contribution in [0.25, 0.3) is 0 Å². The lowest BCUT2D eigenvalue weighted by atomic mass is 10.0. The van der Waals surface area contributed by atoms with Crippen LogP contribution in [0.2, 0.25) is 0 Å². The topological polar surface area (TPSA) is 125 Å². The number of aliphatic hydroxyl groups excluding tert-OH is 1. The van der Waals surface area contributed by atoms with Gasteiger partial charge in [-0.25, -0.2) is 4.79 Å². The van der Waals surface area contributed by atoms with Gasteiger partial charge in [-0.3, -0.25) is 14.4 Å². The molecule has 0 fully saturated rings. The lowest BCUT2D eigenvalue weighted by Crippen LogP contribution is -2.48. The van der Waals surface area contributed by atoms with Gasteiger partial charge in [0.05, 0.1) is 0 Å². The third kappa shape index (κ3) is 8.04. The van der Waals surface area contributed by atoms with Crippen LogP contribution in [-0.2, 0) is 38.1 Å². The minimum atomic E-state index is -1.47. The number of hydrogen-bond donors (Lipinski definition) is 1. The molecule has 5 atom stereocenters. The number of carbonyl (C=O) groups excluding carboxylic acids is 4. The number of hydrogen-bond acceptors (Lipinski definition) is 9. The van der Waals surface area contributed by atoms with Crippen LogP contribution in [0.4, 0.5) is 0 Å². The highest BCUT2D eigenvalue weighted by Gasteiger charge is 2.37. The lowest BCUT2D eigenvalue weighted by Gasteiger charge is -2.31. The van der Waals surface area contributed by atoms with Crippen molar-refractivity contribution in [2.75, 3.05) is 0 Å². The molecule has 0 amide bonds. The Morgan fingerprint density at radius 3 is 2.26 bits per heavy atom. The molecule has 27 heavy (non-hydrogen) atoms. The van der Waals surface area contributed by atoms with Crippen molar-refractivity contribution in [3.63, 3.8) is 0 Å². The summed E-state index contributed by atoms with van der Waals surface area (Å²) in [5.74, 6) is -2.56. The van der Waals surface area contributed by atoms with Crippen molar-refractivity contribution in [2.45, 2.75) is 64.6 Å². The van der Waals surface area contributed by atoms with Gasteiger partial charge in [0.15, 0.2) is 12.2 Å². The van der Waals surface area contributed by atoms with Gasteiger partial charge < -0.3 is 24.1 Å². The summed E-state index contributed by atoms with van der Waals surface area (Å²) in [4.78, 5) is 45.3. The minimum absolute atomic E-state index is 0.416. The van der Waals surface area contributed by atoms with Gasteiger partial charge in [-0.2, -0.15) is 0 Å². The van der Waals surface area contributed by atoms with Gasteiger partial charge >= 0.3 is 23.9 Å². The number of rotatable bonds is 8. The van der Waals surface area contributed by atoms with Gasteiger partial charge in [0.2, 0.25) is 0 Å². The van der Waals surface area contributed by atoms with Crippen LogP contribution in [0.5, 0.6) is 0 Å². The predicted octanol–water partition coefficient (Wildman–Crippen LogP) is 0.590. The fourth-order valence-electron chi connectivity index (χ4n) is 2.42. The maximum Gasteiger partial charge on any atom is 0.331 e. The molecule has 0 bridgehead atoms. The lowest BCUT2D eigenvalue weighted by molar-refractivity contribution is -0.181. The maximum atomic E-state index is 11.5. The van der Waals surface area contributed by atoms with Gasteiger partial charge in [0.25, 0.3) is 0 Å². The van der Waals surface area contributed by atoms with Crippen molar-refractivity contribution < 1.29 is 43.2 Å². The van der Waals surface area contributed by atoms with Gasteiger partial charge in [0.1, 0.15) is 18.3 Å². The van der Waals surface area contributed by atoms with E-state index < -0.39 is 54.4 Å². The van der Waals surface area contributed by atoms with E-state index in [-0.39, 0.29) is 0 Å². The second kappa shape index (κ2) is 10.5. The molecule has 0 unspecified atom stereocenters. The average molecular weight is 384 g/mol. The monoisotopic (exact) mass is 384 g/mol. The second-order valence-electron chi connectivity index (χ2n) is 5.95. The van der Waals surface area contributed by atoms with E-state index in [1.54, 1.807) is 6.08 Å². The van der Waals surface area contributed by atoms with Crippen molar-refractivity contribution in [3.8, 4) is 0 Å². The number of cyclic esters (lactones) is 1. The maximum absolute atomic E-state index is 11.5. The van der Waals surface area contributed by atoms with E-state index in [4.69, 9.17) is 18.9 Å². The number of esters is 4. The first-order valence-electron chi connectivity index (χ1n) is 8.35. The smallest absolute Gasteiger partial charge is 0.331 e. The molecule has 1 heterocycles. The molecule has 0 aromatic carbocycles. The van der Waals surface area contributed by atoms with Gasteiger partial charge in [-0.15, -0.1) is 0 Å². The summed E-state index contributed by atoms with van der Waals surface area (Å²) in [6.07, 6.45) is 0.527. The van der Waals surface area contributed by atoms with Gasteiger partial charge in [-0.05, 0) is 19.1 Å². The van der Waals surface area contributed by atoms with Crippen molar-refractivity contribution in [1.29, 1.82) is 0 Å². The van der Waals surface area contributed by atoms with Crippen LogP contribution in [-0.4, -0.2) is 59.5 Å². The minimum Gasteiger partial charge on any atom is -0.460 e. The molecule has 1 aliphatic heterocycles. The molecule has 0 aromatic heterocycles. The van der Waals surface area contributed by atoms with Crippen LogP contribution in [0.1, 0.15) is 34.1 Å². The zero-order valence-electron chi connectivity index (χ0n) is 15.6. The Morgan fingerprint density at radius 1 is 1.15 bits per heavy atom.